The molecule has 0 spiro atoms. The minimum absolute atomic E-state index is 0.228. The number of thioether (sulfide) groups is 2. The summed E-state index contributed by atoms with van der Waals surface area (Å²) in [5, 5.41) is 0.457. The molecule has 1 rings (SSSR count). The van der Waals surface area contributed by atoms with E-state index < -0.39 is 0 Å². The maximum Gasteiger partial charge on any atom is 0.281 e. The normalized spacial score (nSPS) is 15.3. The molecule has 0 aromatic heterocycles. The van der Waals surface area contributed by atoms with Gasteiger partial charge in [-0.2, -0.15) is 0 Å². The van der Waals surface area contributed by atoms with Crippen molar-refractivity contribution in [3.8, 4) is 0 Å². The zero-order valence-electron chi connectivity index (χ0n) is 22.9. The molecule has 0 atom stereocenters. The number of unbranched alkanes of at least 4 members (excludes halogenated alkanes) is 8. The van der Waals surface area contributed by atoms with Gasteiger partial charge in [-0.05, 0) is 43.9 Å². The average molecular weight is 515 g/mol. The van der Waals surface area contributed by atoms with Crippen LogP contribution in [-0.4, -0.2) is 59.0 Å². The second-order valence-corrected chi connectivity index (χ2v) is 12.6. The fraction of sp³-hybridized carbons (Fsp3) is 0.929. The molecule has 0 bridgehead atoms. The Bertz CT molecular complexity index is 498. The van der Waals surface area contributed by atoms with Gasteiger partial charge in [0.25, 0.3) is 10.5 Å². The number of hydrogen-bond acceptors (Lipinski definition) is 4. The lowest BCUT2D eigenvalue weighted by Crippen LogP contribution is -2.28. The summed E-state index contributed by atoms with van der Waals surface area (Å²) in [6, 6.07) is 0. The van der Waals surface area contributed by atoms with Crippen molar-refractivity contribution in [2.45, 2.75) is 123 Å². The van der Waals surface area contributed by atoms with Crippen LogP contribution in [0.15, 0.2) is 0 Å². The summed E-state index contributed by atoms with van der Waals surface area (Å²) >= 11 is 3.02. The predicted molar refractivity (Wildman–Crippen MR) is 153 cm³/mol. The van der Waals surface area contributed by atoms with Gasteiger partial charge in [0, 0.05) is 38.7 Å². The van der Waals surface area contributed by atoms with Crippen LogP contribution in [0, 0.1) is 5.41 Å². The smallest absolute Gasteiger partial charge is 0.281 e. The van der Waals surface area contributed by atoms with Crippen LogP contribution in [0.3, 0.4) is 0 Å². The van der Waals surface area contributed by atoms with E-state index in [2.05, 4.69) is 13.8 Å². The third-order valence-electron chi connectivity index (χ3n) is 7.45. The van der Waals surface area contributed by atoms with Crippen LogP contribution in [0.5, 0.6) is 0 Å². The number of hydrogen-bond donors (Lipinski definition) is 0. The lowest BCUT2D eigenvalue weighted by atomic mass is 9.70. The first-order valence-electron chi connectivity index (χ1n) is 14.2. The standard InChI is InChI=1S/C28H54N2O2S2/c1-5-7-9-11-16-22-29(3)26(31)33-24-20-28(18-14-13-15-19-28)21-25-34-27(32)30(4)23-17-12-10-8-6-2/h5-25H2,1-4H3. The van der Waals surface area contributed by atoms with Crippen LogP contribution in [0.25, 0.3) is 0 Å². The second-order valence-electron chi connectivity index (χ2n) is 10.5. The summed E-state index contributed by atoms with van der Waals surface area (Å²) in [6.45, 7) is 6.23. The fourth-order valence-electron chi connectivity index (χ4n) is 4.94. The highest BCUT2D eigenvalue weighted by Crippen LogP contribution is 2.44. The minimum atomic E-state index is 0.228. The maximum atomic E-state index is 12.6. The molecule has 200 valence electrons. The van der Waals surface area contributed by atoms with Crippen molar-refractivity contribution >= 4 is 34.0 Å². The van der Waals surface area contributed by atoms with Gasteiger partial charge < -0.3 is 9.80 Å². The van der Waals surface area contributed by atoms with E-state index in [-0.39, 0.29) is 10.5 Å². The number of rotatable bonds is 18. The first-order chi connectivity index (χ1) is 16.4. The Labute approximate surface area is 220 Å². The van der Waals surface area contributed by atoms with Crippen LogP contribution in [0.4, 0.5) is 9.59 Å². The van der Waals surface area contributed by atoms with E-state index in [1.54, 1.807) is 0 Å². The third kappa shape index (κ3) is 14.3. The van der Waals surface area contributed by atoms with Gasteiger partial charge in [0.1, 0.15) is 0 Å². The van der Waals surface area contributed by atoms with Crippen molar-refractivity contribution in [1.29, 1.82) is 0 Å². The van der Waals surface area contributed by atoms with Crippen molar-refractivity contribution < 1.29 is 9.59 Å². The van der Waals surface area contributed by atoms with E-state index in [1.807, 2.05) is 23.9 Å². The minimum Gasteiger partial charge on any atom is -0.337 e. The Balaban J connectivity index is 2.32. The van der Waals surface area contributed by atoms with Crippen LogP contribution in [0.1, 0.15) is 123 Å². The van der Waals surface area contributed by atoms with E-state index in [9.17, 15) is 9.59 Å². The largest absolute Gasteiger partial charge is 0.337 e. The van der Waals surface area contributed by atoms with Crippen LogP contribution in [-0.2, 0) is 0 Å². The van der Waals surface area contributed by atoms with Gasteiger partial charge in [-0.15, -0.1) is 0 Å². The van der Waals surface area contributed by atoms with Crippen molar-refractivity contribution in [2.75, 3.05) is 38.7 Å². The monoisotopic (exact) mass is 514 g/mol. The topological polar surface area (TPSA) is 40.6 Å². The molecule has 0 radical (unpaired) electrons. The molecule has 6 heteroatoms. The number of amides is 2. The zero-order valence-corrected chi connectivity index (χ0v) is 24.5. The molecular weight excluding hydrogens is 460 g/mol. The van der Waals surface area contributed by atoms with Crippen molar-refractivity contribution in [1.82, 2.24) is 9.80 Å². The molecule has 0 aromatic rings. The Morgan fingerprint density at radius 3 is 1.47 bits per heavy atom. The third-order valence-corrected chi connectivity index (χ3v) is 9.38. The fourth-order valence-corrected chi connectivity index (χ4v) is 6.99. The second kappa shape index (κ2) is 19.8. The van der Waals surface area contributed by atoms with E-state index in [1.165, 1.54) is 107 Å². The lowest BCUT2D eigenvalue weighted by Gasteiger charge is -2.37. The average Bonchev–Trinajstić information content (AvgIpc) is 2.84. The van der Waals surface area contributed by atoms with Crippen LogP contribution in [0.2, 0.25) is 0 Å². The lowest BCUT2D eigenvalue weighted by molar-refractivity contribution is 0.176. The molecule has 0 saturated heterocycles. The molecule has 1 aliphatic rings. The first kappa shape index (κ1) is 31.7. The van der Waals surface area contributed by atoms with Crippen molar-refractivity contribution in [2.24, 2.45) is 5.41 Å². The summed E-state index contributed by atoms with van der Waals surface area (Å²) in [6.07, 6.45) is 21.0. The summed E-state index contributed by atoms with van der Waals surface area (Å²) in [7, 11) is 3.90. The summed E-state index contributed by atoms with van der Waals surface area (Å²) < 4.78 is 0. The highest BCUT2D eigenvalue weighted by molar-refractivity contribution is 8.13. The van der Waals surface area contributed by atoms with Gasteiger partial charge in [-0.1, -0.05) is 108 Å². The Morgan fingerprint density at radius 1 is 0.647 bits per heavy atom. The van der Waals surface area contributed by atoms with Gasteiger partial charge in [0.15, 0.2) is 0 Å². The summed E-state index contributed by atoms with van der Waals surface area (Å²) in [5.41, 5.74) is 0.330. The van der Waals surface area contributed by atoms with Gasteiger partial charge in [-0.25, -0.2) is 0 Å². The van der Waals surface area contributed by atoms with Crippen LogP contribution < -0.4 is 0 Å². The Morgan fingerprint density at radius 2 is 1.06 bits per heavy atom. The summed E-state index contributed by atoms with van der Waals surface area (Å²) in [5.74, 6) is 1.82. The van der Waals surface area contributed by atoms with E-state index in [0.717, 1.165) is 50.3 Å². The van der Waals surface area contributed by atoms with E-state index >= 15 is 0 Å². The first-order valence-corrected chi connectivity index (χ1v) is 16.2. The Hall–Kier alpha value is -0.360. The predicted octanol–water partition coefficient (Wildman–Crippen LogP) is 9.23. The molecule has 0 aromatic carbocycles. The molecule has 0 aliphatic heterocycles. The highest BCUT2D eigenvalue weighted by atomic mass is 32.2. The molecule has 1 aliphatic carbocycles. The van der Waals surface area contributed by atoms with Gasteiger partial charge in [0.05, 0.1) is 0 Å². The van der Waals surface area contributed by atoms with Crippen molar-refractivity contribution in [3.63, 3.8) is 0 Å². The summed E-state index contributed by atoms with van der Waals surface area (Å²) in [4.78, 5) is 29.0. The quantitative estimate of drug-likeness (QED) is 0.171. The molecule has 4 nitrogen and oxygen atoms in total. The Kier molecular flexibility index (Phi) is 18.4. The van der Waals surface area contributed by atoms with E-state index in [0.29, 0.717) is 5.41 Å². The highest BCUT2D eigenvalue weighted by Gasteiger charge is 2.32. The molecule has 2 amide bonds. The van der Waals surface area contributed by atoms with Gasteiger partial charge in [-0.3, -0.25) is 9.59 Å². The number of carbonyl (C=O) groups excluding carboxylic acids is 2. The zero-order chi connectivity index (χ0) is 25.1. The number of carbonyl (C=O) groups is 2. The molecule has 1 saturated carbocycles. The van der Waals surface area contributed by atoms with Gasteiger partial charge >= 0.3 is 0 Å². The number of nitrogens with zero attached hydrogens (tertiary/aromatic N) is 2. The maximum absolute atomic E-state index is 12.6. The van der Waals surface area contributed by atoms with Gasteiger partial charge in [0.2, 0.25) is 0 Å². The van der Waals surface area contributed by atoms with Crippen LogP contribution >= 0.6 is 23.5 Å². The van der Waals surface area contributed by atoms with Crippen molar-refractivity contribution in [3.05, 3.63) is 0 Å². The van der Waals surface area contributed by atoms with E-state index in [4.69, 9.17) is 0 Å². The molecule has 1 fully saturated rings. The molecule has 34 heavy (non-hydrogen) atoms. The molecule has 0 N–H and O–H groups in total. The molecular formula is C28H54N2O2S2. The SMILES string of the molecule is CCCCCCCN(C)C(=O)SCCC1(CCSC(=O)N(C)CCCCCCC)CCCCC1. The molecule has 0 unspecified atom stereocenters. The molecule has 0 heterocycles.